The molecule has 0 radical (unpaired) electrons. The molecule has 98 valence electrons. The standard InChI is InChI=1S/C10H19N3O4/c1-10(6-11-2-3-12-7-10)13(4-8(14)15)5-9(16)17/h11-12H,2-7H2,1H3,(H,14,15)(H,16,17). The molecule has 0 saturated carbocycles. The first-order chi connectivity index (χ1) is 7.94. The second kappa shape index (κ2) is 5.95. The Kier molecular flexibility index (Phi) is 4.86. The molecule has 0 aliphatic carbocycles. The summed E-state index contributed by atoms with van der Waals surface area (Å²) >= 11 is 0. The van der Waals surface area contributed by atoms with Crippen LogP contribution in [0.15, 0.2) is 0 Å². The zero-order valence-corrected chi connectivity index (χ0v) is 9.90. The molecule has 0 aromatic rings. The van der Waals surface area contributed by atoms with E-state index in [2.05, 4.69) is 10.6 Å². The Labute approximate surface area is 99.8 Å². The van der Waals surface area contributed by atoms with Crippen LogP contribution in [0.2, 0.25) is 0 Å². The number of carboxylic acids is 2. The SMILES string of the molecule is CC1(N(CC(=O)O)CC(=O)O)CNCCNC1. The van der Waals surface area contributed by atoms with Crippen LogP contribution in [-0.4, -0.2) is 71.9 Å². The maximum absolute atomic E-state index is 10.8. The summed E-state index contributed by atoms with van der Waals surface area (Å²) in [6.45, 7) is 4.05. The van der Waals surface area contributed by atoms with Crippen LogP contribution in [0.25, 0.3) is 0 Å². The number of hydrogen-bond acceptors (Lipinski definition) is 5. The van der Waals surface area contributed by atoms with Gasteiger partial charge in [0.1, 0.15) is 0 Å². The zero-order chi connectivity index (χ0) is 12.9. The molecular formula is C10H19N3O4. The summed E-state index contributed by atoms with van der Waals surface area (Å²) in [5, 5.41) is 24.0. The minimum absolute atomic E-state index is 0.272. The molecule has 1 rings (SSSR count). The lowest BCUT2D eigenvalue weighted by Gasteiger charge is -2.38. The Hall–Kier alpha value is -1.18. The molecule has 0 aromatic heterocycles. The Morgan fingerprint density at radius 3 is 1.88 bits per heavy atom. The molecule has 1 heterocycles. The van der Waals surface area contributed by atoms with Gasteiger partial charge in [0.25, 0.3) is 0 Å². The Bertz CT molecular complexity index is 271. The van der Waals surface area contributed by atoms with Crippen molar-refractivity contribution in [1.29, 1.82) is 0 Å². The topological polar surface area (TPSA) is 102 Å². The van der Waals surface area contributed by atoms with Gasteiger partial charge >= 0.3 is 11.9 Å². The van der Waals surface area contributed by atoms with Crippen LogP contribution in [0.1, 0.15) is 6.92 Å². The molecule has 1 fully saturated rings. The smallest absolute Gasteiger partial charge is 0.317 e. The van der Waals surface area contributed by atoms with E-state index in [9.17, 15) is 9.59 Å². The molecule has 0 bridgehead atoms. The highest BCUT2D eigenvalue weighted by atomic mass is 16.4. The highest BCUT2D eigenvalue weighted by molar-refractivity contribution is 5.72. The number of carbonyl (C=O) groups is 2. The third-order valence-electron chi connectivity index (χ3n) is 2.91. The van der Waals surface area contributed by atoms with Crippen LogP contribution >= 0.6 is 0 Å². The van der Waals surface area contributed by atoms with Gasteiger partial charge in [-0.15, -0.1) is 0 Å². The van der Waals surface area contributed by atoms with E-state index in [-0.39, 0.29) is 13.1 Å². The number of nitrogens with one attached hydrogen (secondary N) is 2. The average Bonchev–Trinajstić information content (AvgIpc) is 2.42. The predicted molar refractivity (Wildman–Crippen MR) is 61.0 cm³/mol. The van der Waals surface area contributed by atoms with E-state index in [1.54, 1.807) is 0 Å². The van der Waals surface area contributed by atoms with E-state index < -0.39 is 17.5 Å². The van der Waals surface area contributed by atoms with Gasteiger partial charge in [-0.1, -0.05) is 0 Å². The number of rotatable bonds is 5. The normalized spacial score (nSPS) is 19.9. The molecule has 0 spiro atoms. The van der Waals surface area contributed by atoms with Gasteiger partial charge in [0.15, 0.2) is 0 Å². The largest absolute Gasteiger partial charge is 0.480 e. The monoisotopic (exact) mass is 245 g/mol. The quantitative estimate of drug-likeness (QED) is 0.463. The first-order valence-electron chi connectivity index (χ1n) is 5.54. The summed E-state index contributed by atoms with van der Waals surface area (Å²) in [5.41, 5.74) is -0.507. The van der Waals surface area contributed by atoms with Crippen molar-refractivity contribution < 1.29 is 19.8 Å². The molecule has 7 nitrogen and oxygen atoms in total. The maximum atomic E-state index is 10.8. The molecule has 7 heteroatoms. The van der Waals surface area contributed by atoms with Crippen molar-refractivity contribution in [3.8, 4) is 0 Å². The van der Waals surface area contributed by atoms with Crippen molar-refractivity contribution in [2.75, 3.05) is 39.3 Å². The van der Waals surface area contributed by atoms with Crippen molar-refractivity contribution in [2.24, 2.45) is 0 Å². The van der Waals surface area contributed by atoms with E-state index in [0.717, 1.165) is 13.1 Å². The molecule has 0 amide bonds. The molecule has 0 unspecified atom stereocenters. The summed E-state index contributed by atoms with van der Waals surface area (Å²) in [7, 11) is 0. The lowest BCUT2D eigenvalue weighted by atomic mass is 9.99. The number of carboxylic acid groups (broad SMARTS) is 2. The minimum Gasteiger partial charge on any atom is -0.480 e. The summed E-state index contributed by atoms with van der Waals surface area (Å²) in [6.07, 6.45) is 0. The van der Waals surface area contributed by atoms with Crippen LogP contribution in [-0.2, 0) is 9.59 Å². The first-order valence-corrected chi connectivity index (χ1v) is 5.54. The fourth-order valence-electron chi connectivity index (χ4n) is 1.94. The van der Waals surface area contributed by atoms with E-state index >= 15 is 0 Å². The molecule has 0 atom stereocenters. The van der Waals surface area contributed by atoms with Crippen molar-refractivity contribution >= 4 is 11.9 Å². The maximum Gasteiger partial charge on any atom is 0.317 e. The third-order valence-corrected chi connectivity index (χ3v) is 2.91. The molecule has 17 heavy (non-hydrogen) atoms. The van der Waals surface area contributed by atoms with Crippen LogP contribution in [0.4, 0.5) is 0 Å². The Morgan fingerprint density at radius 1 is 1.12 bits per heavy atom. The van der Waals surface area contributed by atoms with Crippen molar-refractivity contribution in [2.45, 2.75) is 12.5 Å². The van der Waals surface area contributed by atoms with Crippen LogP contribution in [0.3, 0.4) is 0 Å². The lowest BCUT2D eigenvalue weighted by molar-refractivity contribution is -0.144. The van der Waals surface area contributed by atoms with Crippen LogP contribution in [0.5, 0.6) is 0 Å². The fraction of sp³-hybridized carbons (Fsp3) is 0.800. The van der Waals surface area contributed by atoms with E-state index in [4.69, 9.17) is 10.2 Å². The fourth-order valence-corrected chi connectivity index (χ4v) is 1.94. The van der Waals surface area contributed by atoms with Gasteiger partial charge in [-0.05, 0) is 6.92 Å². The zero-order valence-electron chi connectivity index (χ0n) is 9.90. The molecule has 1 saturated heterocycles. The second-order valence-corrected chi connectivity index (χ2v) is 4.49. The molecular weight excluding hydrogens is 226 g/mol. The summed E-state index contributed by atoms with van der Waals surface area (Å²) in [6, 6.07) is 0. The third kappa shape index (κ3) is 4.29. The molecule has 1 aliphatic heterocycles. The second-order valence-electron chi connectivity index (χ2n) is 4.49. The molecule has 4 N–H and O–H groups in total. The van der Waals surface area contributed by atoms with Gasteiger partial charge in [0.2, 0.25) is 0 Å². The molecule has 1 aliphatic rings. The van der Waals surface area contributed by atoms with Crippen LogP contribution in [0, 0.1) is 0 Å². The summed E-state index contributed by atoms with van der Waals surface area (Å²) in [4.78, 5) is 23.0. The Balaban J connectivity index is 2.77. The minimum atomic E-state index is -1.02. The number of aliphatic carboxylic acids is 2. The van der Waals surface area contributed by atoms with Crippen molar-refractivity contribution in [3.05, 3.63) is 0 Å². The number of nitrogens with zero attached hydrogens (tertiary/aromatic N) is 1. The summed E-state index contributed by atoms with van der Waals surface area (Å²) < 4.78 is 0. The van der Waals surface area contributed by atoms with Gasteiger partial charge in [-0.25, -0.2) is 0 Å². The molecule has 0 aromatic carbocycles. The highest BCUT2D eigenvalue weighted by Crippen LogP contribution is 2.14. The van der Waals surface area contributed by atoms with Gasteiger partial charge in [0, 0.05) is 31.7 Å². The number of hydrogen-bond donors (Lipinski definition) is 4. The predicted octanol–water partition coefficient (Wildman–Crippen LogP) is -1.59. The van der Waals surface area contributed by atoms with Gasteiger partial charge in [0.05, 0.1) is 13.1 Å². The van der Waals surface area contributed by atoms with Crippen molar-refractivity contribution in [1.82, 2.24) is 15.5 Å². The van der Waals surface area contributed by atoms with Gasteiger partial charge < -0.3 is 20.8 Å². The van der Waals surface area contributed by atoms with E-state index in [0.29, 0.717) is 13.1 Å². The lowest BCUT2D eigenvalue weighted by Crippen LogP contribution is -2.59. The van der Waals surface area contributed by atoms with Gasteiger partial charge in [-0.2, -0.15) is 0 Å². The van der Waals surface area contributed by atoms with Crippen LogP contribution < -0.4 is 10.6 Å². The average molecular weight is 245 g/mol. The van der Waals surface area contributed by atoms with E-state index in [1.165, 1.54) is 4.90 Å². The highest BCUT2D eigenvalue weighted by Gasteiger charge is 2.34. The Morgan fingerprint density at radius 2 is 1.53 bits per heavy atom. The van der Waals surface area contributed by atoms with Crippen molar-refractivity contribution in [3.63, 3.8) is 0 Å². The first kappa shape index (κ1) is 13.9. The van der Waals surface area contributed by atoms with E-state index in [1.807, 2.05) is 6.92 Å². The summed E-state index contributed by atoms with van der Waals surface area (Å²) in [5.74, 6) is -2.03. The van der Waals surface area contributed by atoms with Gasteiger partial charge in [-0.3, -0.25) is 14.5 Å².